The Kier molecular flexibility index (Phi) is 5.66. The van der Waals surface area contributed by atoms with Crippen LogP contribution in [0.3, 0.4) is 0 Å². The van der Waals surface area contributed by atoms with Crippen molar-refractivity contribution in [3.8, 4) is 5.75 Å². The second-order valence-electron chi connectivity index (χ2n) is 3.57. The van der Waals surface area contributed by atoms with Crippen molar-refractivity contribution in [2.75, 3.05) is 13.2 Å². The number of benzene rings is 1. The molecule has 6 heteroatoms. The summed E-state index contributed by atoms with van der Waals surface area (Å²) in [5.41, 5.74) is 0. The highest BCUT2D eigenvalue weighted by molar-refractivity contribution is 5.78. The molecular formula is C12H15NO5. The summed E-state index contributed by atoms with van der Waals surface area (Å²) in [7, 11) is 0. The Hall–Kier alpha value is -2.08. The van der Waals surface area contributed by atoms with Gasteiger partial charge in [-0.05, 0) is 12.1 Å². The predicted molar refractivity (Wildman–Crippen MR) is 63.2 cm³/mol. The number of carboxylic acid groups (broad SMARTS) is 1. The molecule has 0 bridgehead atoms. The smallest absolute Gasteiger partial charge is 0.334 e. The molecule has 0 aliphatic rings. The van der Waals surface area contributed by atoms with Crippen LogP contribution < -0.4 is 10.1 Å². The van der Waals surface area contributed by atoms with Gasteiger partial charge < -0.3 is 20.3 Å². The van der Waals surface area contributed by atoms with Gasteiger partial charge in [0.25, 0.3) is 0 Å². The summed E-state index contributed by atoms with van der Waals surface area (Å²) in [6.45, 7) is -0.113. The minimum atomic E-state index is -1.58. The Bertz CT molecular complexity index is 393. The molecule has 0 spiro atoms. The summed E-state index contributed by atoms with van der Waals surface area (Å²) in [6.07, 6.45) is -1.48. The zero-order valence-electron chi connectivity index (χ0n) is 9.70. The largest absolute Gasteiger partial charge is 0.493 e. The van der Waals surface area contributed by atoms with Crippen LogP contribution in [-0.4, -0.2) is 41.3 Å². The fourth-order valence-electron chi connectivity index (χ4n) is 1.16. The standard InChI is InChI=1S/C12H15NO5/c14-10(12(16)17)8-13-11(15)6-7-18-9-4-2-1-3-5-9/h1-5,10,14H,6-8H2,(H,13,15)(H,16,17). The van der Waals surface area contributed by atoms with Gasteiger partial charge in [-0.2, -0.15) is 0 Å². The van der Waals surface area contributed by atoms with Crippen LogP contribution in [0.4, 0.5) is 0 Å². The Morgan fingerprint density at radius 2 is 1.94 bits per heavy atom. The monoisotopic (exact) mass is 253 g/mol. The molecule has 0 heterocycles. The first-order chi connectivity index (χ1) is 8.59. The third kappa shape index (κ3) is 5.31. The second-order valence-corrected chi connectivity index (χ2v) is 3.57. The first-order valence-electron chi connectivity index (χ1n) is 5.45. The maximum Gasteiger partial charge on any atom is 0.334 e. The van der Waals surface area contributed by atoms with Crippen molar-refractivity contribution >= 4 is 11.9 Å². The molecule has 18 heavy (non-hydrogen) atoms. The van der Waals surface area contributed by atoms with Crippen LogP contribution >= 0.6 is 0 Å². The number of ether oxygens (including phenoxy) is 1. The molecule has 6 nitrogen and oxygen atoms in total. The maximum absolute atomic E-state index is 11.3. The number of hydrogen-bond acceptors (Lipinski definition) is 4. The SMILES string of the molecule is O=C(CCOc1ccccc1)NCC(O)C(=O)O. The summed E-state index contributed by atoms with van der Waals surface area (Å²) in [4.78, 5) is 21.6. The van der Waals surface area contributed by atoms with Crippen molar-refractivity contribution < 1.29 is 24.5 Å². The van der Waals surface area contributed by atoms with E-state index >= 15 is 0 Å². The number of aliphatic hydroxyl groups is 1. The highest BCUT2D eigenvalue weighted by Crippen LogP contribution is 2.08. The van der Waals surface area contributed by atoms with E-state index in [-0.39, 0.29) is 25.5 Å². The number of carboxylic acids is 1. The van der Waals surface area contributed by atoms with Gasteiger partial charge in [0.15, 0.2) is 6.10 Å². The number of para-hydroxylation sites is 1. The van der Waals surface area contributed by atoms with Gasteiger partial charge in [-0.3, -0.25) is 4.79 Å². The lowest BCUT2D eigenvalue weighted by atomic mass is 10.3. The van der Waals surface area contributed by atoms with Crippen molar-refractivity contribution in [2.24, 2.45) is 0 Å². The van der Waals surface area contributed by atoms with E-state index in [4.69, 9.17) is 14.9 Å². The van der Waals surface area contributed by atoms with Crippen molar-refractivity contribution in [3.63, 3.8) is 0 Å². The van der Waals surface area contributed by atoms with Gasteiger partial charge in [-0.25, -0.2) is 4.79 Å². The van der Waals surface area contributed by atoms with Gasteiger partial charge in [-0.1, -0.05) is 18.2 Å². The van der Waals surface area contributed by atoms with Crippen LogP contribution in [0.2, 0.25) is 0 Å². The molecule has 0 saturated heterocycles. The highest BCUT2D eigenvalue weighted by Gasteiger charge is 2.13. The molecule has 98 valence electrons. The lowest BCUT2D eigenvalue weighted by Gasteiger charge is -2.08. The quantitative estimate of drug-likeness (QED) is 0.636. The number of amides is 1. The Morgan fingerprint density at radius 3 is 2.56 bits per heavy atom. The summed E-state index contributed by atoms with van der Waals surface area (Å²) >= 11 is 0. The summed E-state index contributed by atoms with van der Waals surface area (Å²) in [5.74, 6) is -1.07. The van der Waals surface area contributed by atoms with E-state index in [1.807, 2.05) is 18.2 Å². The Morgan fingerprint density at radius 1 is 1.28 bits per heavy atom. The van der Waals surface area contributed by atoms with Crippen molar-refractivity contribution in [1.29, 1.82) is 0 Å². The number of carbonyl (C=O) groups is 2. The number of aliphatic hydroxyl groups excluding tert-OH is 1. The van der Waals surface area contributed by atoms with Crippen LogP contribution in [0.5, 0.6) is 5.75 Å². The van der Waals surface area contributed by atoms with Gasteiger partial charge in [0.2, 0.25) is 5.91 Å². The normalized spacial score (nSPS) is 11.6. The average Bonchev–Trinajstić information content (AvgIpc) is 2.37. The van der Waals surface area contributed by atoms with E-state index in [1.165, 1.54) is 0 Å². The van der Waals surface area contributed by atoms with E-state index < -0.39 is 12.1 Å². The van der Waals surface area contributed by atoms with Gasteiger partial charge in [0, 0.05) is 0 Å². The zero-order chi connectivity index (χ0) is 13.4. The first kappa shape index (κ1) is 14.0. The average molecular weight is 253 g/mol. The molecule has 0 aliphatic heterocycles. The number of hydrogen-bond donors (Lipinski definition) is 3. The molecule has 1 aromatic carbocycles. The van der Waals surface area contributed by atoms with Crippen molar-refractivity contribution in [1.82, 2.24) is 5.32 Å². The third-order valence-electron chi connectivity index (χ3n) is 2.12. The minimum Gasteiger partial charge on any atom is -0.493 e. The van der Waals surface area contributed by atoms with Crippen molar-refractivity contribution in [3.05, 3.63) is 30.3 Å². The van der Waals surface area contributed by atoms with E-state index in [0.29, 0.717) is 5.75 Å². The molecular weight excluding hydrogens is 238 g/mol. The number of rotatable bonds is 7. The lowest BCUT2D eigenvalue weighted by molar-refractivity contribution is -0.146. The van der Waals surface area contributed by atoms with E-state index in [0.717, 1.165) is 0 Å². The topological polar surface area (TPSA) is 95.9 Å². The van der Waals surface area contributed by atoms with E-state index in [9.17, 15) is 9.59 Å². The first-order valence-corrected chi connectivity index (χ1v) is 5.45. The molecule has 0 fully saturated rings. The summed E-state index contributed by atoms with van der Waals surface area (Å²) in [6, 6.07) is 9.03. The minimum absolute atomic E-state index is 0.0984. The second kappa shape index (κ2) is 7.29. The van der Waals surface area contributed by atoms with Crippen LogP contribution in [0.1, 0.15) is 6.42 Å². The predicted octanol–water partition coefficient (Wildman–Crippen LogP) is 0.0172. The zero-order valence-corrected chi connectivity index (χ0v) is 9.70. The Balaban J connectivity index is 2.16. The van der Waals surface area contributed by atoms with Crippen LogP contribution in [-0.2, 0) is 9.59 Å². The van der Waals surface area contributed by atoms with Crippen molar-refractivity contribution in [2.45, 2.75) is 12.5 Å². The summed E-state index contributed by atoms with van der Waals surface area (Å²) < 4.78 is 5.29. The van der Waals surface area contributed by atoms with Crippen LogP contribution in [0.15, 0.2) is 30.3 Å². The third-order valence-corrected chi connectivity index (χ3v) is 2.12. The molecule has 0 aliphatic carbocycles. The summed E-state index contributed by atoms with van der Waals surface area (Å²) in [5, 5.41) is 19.6. The van der Waals surface area contributed by atoms with Crippen LogP contribution in [0, 0.1) is 0 Å². The molecule has 1 rings (SSSR count). The van der Waals surface area contributed by atoms with Gasteiger partial charge in [0.1, 0.15) is 5.75 Å². The molecule has 1 aromatic rings. The van der Waals surface area contributed by atoms with Crippen LogP contribution in [0.25, 0.3) is 0 Å². The number of aliphatic carboxylic acids is 1. The number of carbonyl (C=O) groups excluding carboxylic acids is 1. The number of nitrogens with one attached hydrogen (secondary N) is 1. The fourth-order valence-corrected chi connectivity index (χ4v) is 1.16. The van der Waals surface area contributed by atoms with E-state index in [1.54, 1.807) is 12.1 Å². The molecule has 0 saturated carbocycles. The molecule has 0 aromatic heterocycles. The molecule has 1 atom stereocenters. The fraction of sp³-hybridized carbons (Fsp3) is 0.333. The lowest BCUT2D eigenvalue weighted by Crippen LogP contribution is -2.36. The highest BCUT2D eigenvalue weighted by atomic mass is 16.5. The van der Waals surface area contributed by atoms with Gasteiger partial charge in [0.05, 0.1) is 19.6 Å². The molecule has 1 unspecified atom stereocenters. The van der Waals surface area contributed by atoms with Gasteiger partial charge in [-0.15, -0.1) is 0 Å². The Labute approximate surface area is 104 Å². The maximum atomic E-state index is 11.3. The van der Waals surface area contributed by atoms with Gasteiger partial charge >= 0.3 is 5.97 Å². The molecule has 3 N–H and O–H groups in total. The molecule has 0 radical (unpaired) electrons. The van der Waals surface area contributed by atoms with E-state index in [2.05, 4.69) is 5.32 Å². The molecule has 1 amide bonds.